The van der Waals surface area contributed by atoms with Crippen LogP contribution >= 0.6 is 0 Å². The Balaban J connectivity index is 1.09. The van der Waals surface area contributed by atoms with E-state index in [1.807, 2.05) is 35.3 Å². The van der Waals surface area contributed by atoms with Crippen molar-refractivity contribution in [3.63, 3.8) is 0 Å². The second kappa shape index (κ2) is 11.7. The van der Waals surface area contributed by atoms with Crippen LogP contribution in [0.25, 0.3) is 22.2 Å². The number of anilines is 2. The molecule has 1 aliphatic heterocycles. The second-order valence-electron chi connectivity index (χ2n) is 11.7. The number of piperidine rings is 1. The summed E-state index contributed by atoms with van der Waals surface area (Å²) in [6, 6.07) is 7.93. The molecule has 2 fully saturated rings. The monoisotopic (exact) mass is 538 g/mol. The first-order valence-electron chi connectivity index (χ1n) is 14.7. The molecule has 1 aliphatic carbocycles. The van der Waals surface area contributed by atoms with E-state index in [0.29, 0.717) is 29.4 Å². The molecular weight excluding hydrogens is 500 g/mol. The summed E-state index contributed by atoms with van der Waals surface area (Å²) in [5, 5.41) is 16.2. The van der Waals surface area contributed by atoms with Gasteiger partial charge >= 0.3 is 0 Å². The topological polar surface area (TPSA) is 102 Å². The SMILES string of the molecule is CC(C)c1cnnc(Nc2ccc3ncc(-c4cnn(CC5CCN(C(=O)C6CCCCC6)CC5)c4)cc3n2)c1. The molecule has 1 amide bonds. The Hall–Kier alpha value is -3.88. The van der Waals surface area contributed by atoms with Crippen molar-refractivity contribution in [1.29, 1.82) is 0 Å². The maximum Gasteiger partial charge on any atom is 0.225 e. The van der Waals surface area contributed by atoms with Gasteiger partial charge in [0, 0.05) is 49.1 Å². The fourth-order valence-corrected chi connectivity index (χ4v) is 5.94. The third-order valence-corrected chi connectivity index (χ3v) is 8.43. The molecule has 208 valence electrons. The zero-order valence-electron chi connectivity index (χ0n) is 23.5. The highest BCUT2D eigenvalue weighted by Gasteiger charge is 2.29. The third kappa shape index (κ3) is 5.98. The molecular formula is C31H38N8O. The van der Waals surface area contributed by atoms with Gasteiger partial charge in [0.25, 0.3) is 0 Å². The van der Waals surface area contributed by atoms with Gasteiger partial charge in [-0.15, -0.1) is 5.10 Å². The van der Waals surface area contributed by atoms with Crippen molar-refractivity contribution in [1.82, 2.24) is 34.8 Å². The molecule has 5 heterocycles. The van der Waals surface area contributed by atoms with Gasteiger partial charge in [0.1, 0.15) is 5.82 Å². The number of nitrogens with one attached hydrogen (secondary N) is 1. The lowest BCUT2D eigenvalue weighted by Gasteiger charge is -2.35. The summed E-state index contributed by atoms with van der Waals surface area (Å²) in [5.41, 5.74) is 4.77. The Labute approximate surface area is 235 Å². The number of hydrogen-bond donors (Lipinski definition) is 1. The van der Waals surface area contributed by atoms with Gasteiger partial charge in [0.15, 0.2) is 5.82 Å². The van der Waals surface area contributed by atoms with Crippen molar-refractivity contribution in [3.05, 3.63) is 54.6 Å². The van der Waals surface area contributed by atoms with Crippen LogP contribution in [0, 0.1) is 11.8 Å². The molecule has 0 bridgehead atoms. The summed E-state index contributed by atoms with van der Waals surface area (Å²) < 4.78 is 2.04. The van der Waals surface area contributed by atoms with Gasteiger partial charge in [-0.1, -0.05) is 33.1 Å². The van der Waals surface area contributed by atoms with Gasteiger partial charge in [0.2, 0.25) is 5.91 Å². The molecule has 1 N–H and O–H groups in total. The lowest BCUT2D eigenvalue weighted by molar-refractivity contribution is -0.138. The minimum absolute atomic E-state index is 0.264. The molecule has 0 radical (unpaired) electrons. The third-order valence-electron chi connectivity index (χ3n) is 8.43. The van der Waals surface area contributed by atoms with Crippen LogP contribution in [0.4, 0.5) is 11.6 Å². The zero-order chi connectivity index (χ0) is 27.5. The van der Waals surface area contributed by atoms with Crippen LogP contribution in [-0.4, -0.2) is 53.8 Å². The number of pyridine rings is 2. The fourth-order valence-electron chi connectivity index (χ4n) is 5.94. The maximum absolute atomic E-state index is 12.9. The molecule has 0 spiro atoms. The number of amides is 1. The molecule has 1 saturated carbocycles. The van der Waals surface area contributed by atoms with Gasteiger partial charge in [-0.3, -0.25) is 14.5 Å². The van der Waals surface area contributed by atoms with Crippen molar-refractivity contribution in [2.24, 2.45) is 11.8 Å². The molecule has 4 aromatic rings. The van der Waals surface area contributed by atoms with E-state index in [9.17, 15) is 4.79 Å². The predicted octanol–water partition coefficient (Wildman–Crippen LogP) is 5.97. The summed E-state index contributed by atoms with van der Waals surface area (Å²) in [6.45, 7) is 6.88. The zero-order valence-corrected chi connectivity index (χ0v) is 23.5. The van der Waals surface area contributed by atoms with Gasteiger partial charge < -0.3 is 10.2 Å². The normalized spacial score (nSPS) is 17.0. The molecule has 40 heavy (non-hydrogen) atoms. The average Bonchev–Trinajstić information content (AvgIpc) is 3.46. The van der Waals surface area contributed by atoms with Crippen molar-refractivity contribution in [2.75, 3.05) is 18.4 Å². The van der Waals surface area contributed by atoms with Crippen LogP contribution in [0.3, 0.4) is 0 Å². The Kier molecular flexibility index (Phi) is 7.71. The van der Waals surface area contributed by atoms with E-state index in [2.05, 4.69) is 56.6 Å². The second-order valence-corrected chi connectivity index (χ2v) is 11.7. The van der Waals surface area contributed by atoms with Crippen LogP contribution in [0.2, 0.25) is 0 Å². The average molecular weight is 539 g/mol. The van der Waals surface area contributed by atoms with E-state index in [1.165, 1.54) is 19.3 Å². The maximum atomic E-state index is 12.9. The Morgan fingerprint density at radius 1 is 0.950 bits per heavy atom. The van der Waals surface area contributed by atoms with Crippen LogP contribution in [0.1, 0.15) is 70.3 Å². The number of rotatable bonds is 7. The molecule has 9 nitrogen and oxygen atoms in total. The number of carbonyl (C=O) groups is 1. The van der Waals surface area contributed by atoms with Crippen LogP contribution in [0.15, 0.2) is 49.1 Å². The highest BCUT2D eigenvalue weighted by Crippen LogP contribution is 2.29. The summed E-state index contributed by atoms with van der Waals surface area (Å²) in [6.07, 6.45) is 15.6. The van der Waals surface area contributed by atoms with Crippen LogP contribution in [-0.2, 0) is 11.3 Å². The number of hydrogen-bond acceptors (Lipinski definition) is 7. The molecule has 0 aromatic carbocycles. The number of aromatic nitrogens is 6. The Morgan fingerprint density at radius 3 is 2.58 bits per heavy atom. The number of likely N-dealkylation sites (tertiary alicyclic amines) is 1. The Morgan fingerprint density at radius 2 is 1.77 bits per heavy atom. The minimum Gasteiger partial charge on any atom is -0.342 e. The lowest BCUT2D eigenvalue weighted by Crippen LogP contribution is -2.42. The van der Waals surface area contributed by atoms with Crippen molar-refractivity contribution < 1.29 is 4.79 Å². The van der Waals surface area contributed by atoms with Crippen LogP contribution < -0.4 is 5.32 Å². The summed E-state index contributed by atoms with van der Waals surface area (Å²) in [4.78, 5) is 24.5. The van der Waals surface area contributed by atoms with E-state index in [1.54, 1.807) is 6.20 Å². The highest BCUT2D eigenvalue weighted by molar-refractivity contribution is 5.81. The number of carbonyl (C=O) groups excluding carboxylic acids is 1. The quantitative estimate of drug-likeness (QED) is 0.309. The van der Waals surface area contributed by atoms with Gasteiger partial charge in [-0.2, -0.15) is 10.2 Å². The summed E-state index contributed by atoms with van der Waals surface area (Å²) in [5.74, 6) is 2.94. The summed E-state index contributed by atoms with van der Waals surface area (Å²) in [7, 11) is 0. The summed E-state index contributed by atoms with van der Waals surface area (Å²) >= 11 is 0. The standard InChI is InChI=1S/C31H38N8O/c1-21(2)24-15-30(37-33-17-24)36-29-9-8-27-28(35-29)14-25(16-32-27)26-18-34-39(20-26)19-22-10-12-38(13-11-22)31(40)23-6-4-3-5-7-23/h8-9,14-18,20-23H,3-7,10-13,19H2,1-2H3,(H,35,36,37). The molecule has 0 unspecified atom stereocenters. The first kappa shape index (κ1) is 26.3. The van der Waals surface area contributed by atoms with Gasteiger partial charge in [-0.25, -0.2) is 4.98 Å². The first-order chi connectivity index (χ1) is 19.5. The Bertz CT molecular complexity index is 1470. The molecule has 4 aromatic heterocycles. The number of fused-ring (bicyclic) bond motifs is 1. The van der Waals surface area contributed by atoms with Crippen molar-refractivity contribution in [3.8, 4) is 11.1 Å². The largest absolute Gasteiger partial charge is 0.342 e. The van der Waals surface area contributed by atoms with Gasteiger partial charge in [0.05, 0.1) is 23.4 Å². The van der Waals surface area contributed by atoms with E-state index >= 15 is 0 Å². The first-order valence-corrected chi connectivity index (χ1v) is 14.7. The van der Waals surface area contributed by atoms with Crippen LogP contribution in [0.5, 0.6) is 0 Å². The van der Waals surface area contributed by atoms with Gasteiger partial charge in [-0.05, 0) is 67.3 Å². The van der Waals surface area contributed by atoms with E-state index in [4.69, 9.17) is 4.98 Å². The van der Waals surface area contributed by atoms with E-state index < -0.39 is 0 Å². The highest BCUT2D eigenvalue weighted by atomic mass is 16.2. The molecule has 2 aliphatic rings. The van der Waals surface area contributed by atoms with Crippen molar-refractivity contribution in [2.45, 2.75) is 71.3 Å². The molecule has 0 atom stereocenters. The minimum atomic E-state index is 0.264. The predicted molar refractivity (Wildman–Crippen MR) is 156 cm³/mol. The molecule has 6 rings (SSSR count). The lowest BCUT2D eigenvalue weighted by atomic mass is 9.87. The smallest absolute Gasteiger partial charge is 0.225 e. The number of nitrogens with zero attached hydrogens (tertiary/aromatic N) is 7. The van der Waals surface area contributed by atoms with E-state index in [-0.39, 0.29) is 5.92 Å². The fraction of sp³-hybridized carbons (Fsp3) is 0.484. The molecule has 9 heteroatoms. The van der Waals surface area contributed by atoms with E-state index in [0.717, 1.165) is 73.0 Å². The van der Waals surface area contributed by atoms with Crippen molar-refractivity contribution >= 4 is 28.6 Å². The molecule has 1 saturated heterocycles.